The monoisotopic (exact) mass is 357 g/mol. The van der Waals surface area contributed by atoms with Crippen LogP contribution in [0, 0.1) is 11.8 Å². The Hall–Kier alpha value is -1.76. The van der Waals surface area contributed by atoms with Crippen molar-refractivity contribution < 1.29 is 9.53 Å². The van der Waals surface area contributed by atoms with Gasteiger partial charge in [-0.25, -0.2) is 0 Å². The summed E-state index contributed by atoms with van der Waals surface area (Å²) in [7, 11) is 0. The van der Waals surface area contributed by atoms with E-state index in [4.69, 9.17) is 4.74 Å². The zero-order chi connectivity index (χ0) is 17.1. The third-order valence-corrected chi connectivity index (χ3v) is 5.98. The number of carbonyl (C=O) groups excluding carboxylic acids is 1. The van der Waals surface area contributed by atoms with E-state index in [0.29, 0.717) is 23.9 Å². The Kier molecular flexibility index (Phi) is 5.10. The first-order valence-corrected chi connectivity index (χ1v) is 9.77. The predicted octanol–water partition coefficient (Wildman–Crippen LogP) is 2.41. The molecule has 0 aromatic carbocycles. The van der Waals surface area contributed by atoms with Gasteiger partial charge in [0.15, 0.2) is 0 Å². The van der Waals surface area contributed by atoms with Crippen LogP contribution in [0.5, 0.6) is 0 Å². The van der Waals surface area contributed by atoms with Crippen LogP contribution in [0.2, 0.25) is 0 Å². The number of fused-ring (bicyclic) bond motifs is 1. The summed E-state index contributed by atoms with van der Waals surface area (Å²) in [4.78, 5) is 18.7. The molecule has 5 nitrogen and oxygen atoms in total. The number of nitrogens with one attached hydrogen (secondary N) is 1. The Morgan fingerprint density at radius 3 is 3.20 bits per heavy atom. The van der Waals surface area contributed by atoms with E-state index in [9.17, 15) is 4.79 Å². The second-order valence-electron chi connectivity index (χ2n) is 6.90. The topological polar surface area (TPSA) is 54.5 Å². The van der Waals surface area contributed by atoms with E-state index in [-0.39, 0.29) is 12.0 Å². The second kappa shape index (κ2) is 7.64. The highest BCUT2D eigenvalue weighted by molar-refractivity contribution is 7.07. The van der Waals surface area contributed by atoms with Gasteiger partial charge in [0, 0.05) is 37.9 Å². The van der Waals surface area contributed by atoms with Crippen LogP contribution in [0.4, 0.5) is 0 Å². The third kappa shape index (κ3) is 3.92. The number of pyridine rings is 1. The van der Waals surface area contributed by atoms with Crippen LogP contribution >= 0.6 is 11.3 Å². The molecule has 0 unspecified atom stereocenters. The van der Waals surface area contributed by atoms with Gasteiger partial charge < -0.3 is 10.1 Å². The molecule has 0 bridgehead atoms. The Morgan fingerprint density at radius 1 is 1.44 bits per heavy atom. The van der Waals surface area contributed by atoms with E-state index >= 15 is 0 Å². The fraction of sp³-hybridized carbons (Fsp3) is 0.474. The van der Waals surface area contributed by atoms with Gasteiger partial charge in [0.2, 0.25) is 0 Å². The summed E-state index contributed by atoms with van der Waals surface area (Å²) >= 11 is 1.76. The van der Waals surface area contributed by atoms with Crippen molar-refractivity contribution in [2.75, 3.05) is 26.2 Å². The summed E-state index contributed by atoms with van der Waals surface area (Å²) in [5.41, 5.74) is 2.00. The number of rotatable bonds is 5. The average Bonchev–Trinajstić information content (AvgIpc) is 3.30. The van der Waals surface area contributed by atoms with E-state index in [1.165, 1.54) is 5.56 Å². The number of aromatic nitrogens is 1. The number of hydrogen-bond acceptors (Lipinski definition) is 5. The van der Waals surface area contributed by atoms with Crippen molar-refractivity contribution in [2.45, 2.75) is 19.1 Å². The molecule has 1 amide bonds. The summed E-state index contributed by atoms with van der Waals surface area (Å²) in [6.07, 6.45) is 4.54. The largest absolute Gasteiger partial charge is 0.376 e. The van der Waals surface area contributed by atoms with Crippen LogP contribution in [-0.4, -0.2) is 48.1 Å². The maximum atomic E-state index is 12.2. The van der Waals surface area contributed by atoms with Crippen molar-refractivity contribution in [2.24, 2.45) is 11.8 Å². The minimum absolute atomic E-state index is 0.0740. The second-order valence-corrected chi connectivity index (χ2v) is 7.68. The Morgan fingerprint density at radius 2 is 2.40 bits per heavy atom. The van der Waals surface area contributed by atoms with Crippen LogP contribution in [0.15, 0.2) is 41.4 Å². The normalized spacial score (nSPS) is 26.3. The molecule has 2 aliphatic rings. The SMILES string of the molecule is O=C(NC[C@H]1OC[C@@H]2CN(Cc3ccsc3)CC[C@@H]21)c1cccnc1. The maximum Gasteiger partial charge on any atom is 0.252 e. The molecule has 2 saturated heterocycles. The smallest absolute Gasteiger partial charge is 0.252 e. The van der Waals surface area contributed by atoms with Crippen molar-refractivity contribution in [3.05, 3.63) is 52.5 Å². The number of thiophene rings is 1. The molecule has 3 atom stereocenters. The van der Waals surface area contributed by atoms with E-state index < -0.39 is 0 Å². The lowest BCUT2D eigenvalue weighted by molar-refractivity contribution is 0.0743. The number of amides is 1. The number of likely N-dealkylation sites (tertiary alicyclic amines) is 1. The highest BCUT2D eigenvalue weighted by Gasteiger charge is 2.40. The summed E-state index contributed by atoms with van der Waals surface area (Å²) in [6, 6.07) is 5.77. The van der Waals surface area contributed by atoms with Crippen LogP contribution in [-0.2, 0) is 11.3 Å². The van der Waals surface area contributed by atoms with Crippen molar-refractivity contribution in [1.82, 2.24) is 15.2 Å². The molecule has 25 heavy (non-hydrogen) atoms. The van der Waals surface area contributed by atoms with Crippen LogP contribution in [0.1, 0.15) is 22.3 Å². The van der Waals surface area contributed by atoms with Gasteiger partial charge in [0.25, 0.3) is 5.91 Å². The summed E-state index contributed by atoms with van der Waals surface area (Å²) < 4.78 is 6.01. The molecule has 1 N–H and O–H groups in total. The average molecular weight is 357 g/mol. The fourth-order valence-corrected chi connectivity index (χ4v) is 4.61. The van der Waals surface area contributed by atoms with E-state index in [0.717, 1.165) is 32.7 Å². The molecular weight excluding hydrogens is 334 g/mol. The lowest BCUT2D eigenvalue weighted by Gasteiger charge is -2.35. The molecule has 132 valence electrons. The zero-order valence-corrected chi connectivity index (χ0v) is 15.0. The number of nitrogens with zero attached hydrogens (tertiary/aromatic N) is 2. The van der Waals surface area contributed by atoms with Crippen molar-refractivity contribution >= 4 is 17.2 Å². The highest BCUT2D eigenvalue weighted by atomic mass is 32.1. The fourth-order valence-electron chi connectivity index (χ4n) is 3.95. The maximum absolute atomic E-state index is 12.2. The number of carbonyl (C=O) groups is 1. The Bertz CT molecular complexity index is 692. The van der Waals surface area contributed by atoms with Crippen molar-refractivity contribution in [3.8, 4) is 0 Å². The Labute approximate surface area is 152 Å². The van der Waals surface area contributed by atoms with Gasteiger partial charge in [-0.3, -0.25) is 14.7 Å². The van der Waals surface area contributed by atoms with Crippen LogP contribution in [0.25, 0.3) is 0 Å². The van der Waals surface area contributed by atoms with Gasteiger partial charge in [0.05, 0.1) is 18.3 Å². The number of ether oxygens (including phenoxy) is 1. The Balaban J connectivity index is 1.28. The zero-order valence-electron chi connectivity index (χ0n) is 14.1. The van der Waals surface area contributed by atoms with E-state index in [1.54, 1.807) is 35.9 Å². The first-order valence-electron chi connectivity index (χ1n) is 8.83. The van der Waals surface area contributed by atoms with Gasteiger partial charge in [-0.15, -0.1) is 0 Å². The standard InChI is InChI=1S/C19H23N3O2S/c23-19(15-2-1-5-20-8-15)21-9-18-17-3-6-22(11-16(17)12-24-18)10-14-4-7-25-13-14/h1-2,4-5,7-8,13,16-18H,3,6,9-12H2,(H,21,23)/t16-,17-,18+/m0/s1. The minimum atomic E-state index is -0.0740. The van der Waals surface area contributed by atoms with Crippen molar-refractivity contribution in [1.29, 1.82) is 0 Å². The van der Waals surface area contributed by atoms with Crippen molar-refractivity contribution in [3.63, 3.8) is 0 Å². The molecule has 0 spiro atoms. The van der Waals surface area contributed by atoms with Gasteiger partial charge >= 0.3 is 0 Å². The molecule has 2 aromatic rings. The first kappa shape index (κ1) is 16.7. The van der Waals surface area contributed by atoms with E-state index in [1.807, 2.05) is 0 Å². The molecular formula is C19H23N3O2S. The molecule has 0 saturated carbocycles. The summed E-state index contributed by atoms with van der Waals surface area (Å²) in [6.45, 7) is 4.62. The molecule has 2 fully saturated rings. The molecule has 0 aliphatic carbocycles. The number of hydrogen-bond donors (Lipinski definition) is 1. The van der Waals surface area contributed by atoms with Crippen LogP contribution in [0.3, 0.4) is 0 Å². The first-order chi connectivity index (χ1) is 12.3. The van der Waals surface area contributed by atoms with Gasteiger partial charge in [-0.2, -0.15) is 11.3 Å². The van der Waals surface area contributed by atoms with Gasteiger partial charge in [-0.05, 0) is 53.4 Å². The minimum Gasteiger partial charge on any atom is -0.376 e. The number of piperidine rings is 1. The molecule has 2 aliphatic heterocycles. The molecule has 0 radical (unpaired) electrons. The van der Waals surface area contributed by atoms with Gasteiger partial charge in [0.1, 0.15) is 0 Å². The molecule has 6 heteroatoms. The molecule has 4 heterocycles. The lowest BCUT2D eigenvalue weighted by atomic mass is 9.84. The van der Waals surface area contributed by atoms with Crippen LogP contribution < -0.4 is 5.32 Å². The van der Waals surface area contributed by atoms with Gasteiger partial charge in [-0.1, -0.05) is 0 Å². The highest BCUT2D eigenvalue weighted by Crippen LogP contribution is 2.34. The molecule has 2 aromatic heterocycles. The molecule has 4 rings (SSSR count). The summed E-state index contributed by atoms with van der Waals surface area (Å²) in [5, 5.41) is 7.38. The lowest BCUT2D eigenvalue weighted by Crippen LogP contribution is -2.43. The quantitative estimate of drug-likeness (QED) is 0.893. The predicted molar refractivity (Wildman–Crippen MR) is 97.5 cm³/mol. The third-order valence-electron chi connectivity index (χ3n) is 5.25. The summed E-state index contributed by atoms with van der Waals surface area (Å²) in [5.74, 6) is 1.05. The van der Waals surface area contributed by atoms with E-state index in [2.05, 4.69) is 32.0 Å².